The standard InChI is InChI=1S/C12H22N4O/c1-9(10-5-3-2-4-6-10)14-12-16-15-11(17-12)7-8-13/h9-10H,2-8,13H2,1H3,(H,14,16). The Hall–Kier alpha value is -1.10. The lowest BCUT2D eigenvalue weighted by atomic mass is 9.85. The van der Waals surface area contributed by atoms with Crippen molar-refractivity contribution in [2.45, 2.75) is 51.5 Å². The molecule has 5 heteroatoms. The Kier molecular flexibility index (Phi) is 4.36. The number of hydrogen-bond acceptors (Lipinski definition) is 5. The summed E-state index contributed by atoms with van der Waals surface area (Å²) < 4.78 is 5.47. The third-order valence-electron chi connectivity index (χ3n) is 3.53. The molecule has 1 aromatic rings. The van der Waals surface area contributed by atoms with Gasteiger partial charge in [0.15, 0.2) is 0 Å². The van der Waals surface area contributed by atoms with Crippen LogP contribution in [0, 0.1) is 5.92 Å². The molecule has 0 aliphatic heterocycles. The number of aromatic nitrogens is 2. The van der Waals surface area contributed by atoms with Gasteiger partial charge in [-0.25, -0.2) is 0 Å². The zero-order valence-corrected chi connectivity index (χ0v) is 10.5. The fourth-order valence-corrected chi connectivity index (χ4v) is 2.48. The Labute approximate surface area is 102 Å². The molecule has 17 heavy (non-hydrogen) atoms. The van der Waals surface area contributed by atoms with Gasteiger partial charge in [-0.3, -0.25) is 0 Å². The summed E-state index contributed by atoms with van der Waals surface area (Å²) in [5.74, 6) is 1.35. The Bertz CT molecular complexity index is 333. The summed E-state index contributed by atoms with van der Waals surface area (Å²) in [5.41, 5.74) is 5.44. The molecule has 0 bridgehead atoms. The quantitative estimate of drug-likeness (QED) is 0.820. The van der Waals surface area contributed by atoms with E-state index in [0.29, 0.717) is 30.9 Å². The topological polar surface area (TPSA) is 77.0 Å². The van der Waals surface area contributed by atoms with E-state index in [1.54, 1.807) is 0 Å². The molecule has 0 radical (unpaired) electrons. The van der Waals surface area contributed by atoms with Crippen LogP contribution in [0.1, 0.15) is 44.9 Å². The molecule has 0 spiro atoms. The van der Waals surface area contributed by atoms with Crippen molar-refractivity contribution in [2.75, 3.05) is 11.9 Å². The van der Waals surface area contributed by atoms with Gasteiger partial charge in [-0.2, -0.15) is 0 Å². The van der Waals surface area contributed by atoms with Gasteiger partial charge in [0, 0.05) is 19.0 Å². The van der Waals surface area contributed by atoms with Crippen molar-refractivity contribution in [3.63, 3.8) is 0 Å². The zero-order valence-electron chi connectivity index (χ0n) is 10.5. The summed E-state index contributed by atoms with van der Waals surface area (Å²) in [7, 11) is 0. The van der Waals surface area contributed by atoms with Crippen molar-refractivity contribution >= 4 is 6.01 Å². The summed E-state index contributed by atoms with van der Waals surface area (Å²) >= 11 is 0. The van der Waals surface area contributed by atoms with Crippen LogP contribution >= 0.6 is 0 Å². The second-order valence-corrected chi connectivity index (χ2v) is 4.87. The van der Waals surface area contributed by atoms with Gasteiger partial charge >= 0.3 is 6.01 Å². The molecule has 1 aromatic heterocycles. The van der Waals surface area contributed by atoms with E-state index in [1.165, 1.54) is 32.1 Å². The van der Waals surface area contributed by atoms with Crippen LogP contribution in [0.3, 0.4) is 0 Å². The predicted octanol–water partition coefficient (Wildman–Crippen LogP) is 1.95. The molecule has 1 fully saturated rings. The Morgan fingerprint density at radius 3 is 2.82 bits per heavy atom. The Morgan fingerprint density at radius 1 is 1.35 bits per heavy atom. The van der Waals surface area contributed by atoms with Crippen LogP contribution in [0.5, 0.6) is 0 Å². The average molecular weight is 238 g/mol. The molecular weight excluding hydrogens is 216 g/mol. The van der Waals surface area contributed by atoms with Crippen molar-refractivity contribution in [3.05, 3.63) is 5.89 Å². The maximum atomic E-state index is 5.47. The molecule has 96 valence electrons. The van der Waals surface area contributed by atoms with Crippen molar-refractivity contribution in [1.82, 2.24) is 10.2 Å². The highest BCUT2D eigenvalue weighted by molar-refractivity contribution is 5.19. The van der Waals surface area contributed by atoms with Crippen LogP contribution in [0.15, 0.2) is 4.42 Å². The van der Waals surface area contributed by atoms with Gasteiger partial charge < -0.3 is 15.5 Å². The van der Waals surface area contributed by atoms with Gasteiger partial charge in [0.05, 0.1) is 0 Å². The fourth-order valence-electron chi connectivity index (χ4n) is 2.48. The average Bonchev–Trinajstić information content (AvgIpc) is 2.78. The highest BCUT2D eigenvalue weighted by Gasteiger charge is 2.21. The molecule has 1 atom stereocenters. The van der Waals surface area contributed by atoms with E-state index in [-0.39, 0.29) is 0 Å². The maximum Gasteiger partial charge on any atom is 0.315 e. The number of hydrogen-bond donors (Lipinski definition) is 2. The molecule has 3 N–H and O–H groups in total. The van der Waals surface area contributed by atoms with Gasteiger partial charge in [0.1, 0.15) is 0 Å². The van der Waals surface area contributed by atoms with Crippen LogP contribution in [0.4, 0.5) is 6.01 Å². The normalized spacial score (nSPS) is 19.2. The highest BCUT2D eigenvalue weighted by atomic mass is 16.4. The smallest absolute Gasteiger partial charge is 0.315 e. The van der Waals surface area contributed by atoms with Crippen molar-refractivity contribution in [1.29, 1.82) is 0 Å². The lowest BCUT2D eigenvalue weighted by molar-refractivity contribution is 0.324. The number of nitrogens with one attached hydrogen (secondary N) is 1. The van der Waals surface area contributed by atoms with Crippen LogP contribution < -0.4 is 11.1 Å². The van der Waals surface area contributed by atoms with Crippen LogP contribution in [0.2, 0.25) is 0 Å². The van der Waals surface area contributed by atoms with E-state index in [4.69, 9.17) is 10.2 Å². The molecule has 1 unspecified atom stereocenters. The SMILES string of the molecule is CC(Nc1nnc(CCN)o1)C1CCCCC1. The van der Waals surface area contributed by atoms with Crippen LogP contribution in [-0.4, -0.2) is 22.8 Å². The first kappa shape index (κ1) is 12.4. The molecule has 0 amide bonds. The lowest BCUT2D eigenvalue weighted by Gasteiger charge is -2.27. The molecule has 1 aliphatic carbocycles. The highest BCUT2D eigenvalue weighted by Crippen LogP contribution is 2.27. The summed E-state index contributed by atoms with van der Waals surface area (Å²) in [6, 6.07) is 0.938. The molecule has 2 rings (SSSR count). The first-order chi connectivity index (χ1) is 8.29. The van der Waals surface area contributed by atoms with Crippen molar-refractivity contribution < 1.29 is 4.42 Å². The van der Waals surface area contributed by atoms with E-state index in [9.17, 15) is 0 Å². The second kappa shape index (κ2) is 6.00. The van der Waals surface area contributed by atoms with Gasteiger partial charge in [0.2, 0.25) is 5.89 Å². The number of nitrogens with two attached hydrogens (primary N) is 1. The third kappa shape index (κ3) is 3.43. The predicted molar refractivity (Wildman–Crippen MR) is 66.7 cm³/mol. The summed E-state index contributed by atoms with van der Waals surface area (Å²) in [4.78, 5) is 0. The summed E-state index contributed by atoms with van der Waals surface area (Å²) in [6.45, 7) is 2.74. The summed E-state index contributed by atoms with van der Waals surface area (Å²) in [6.07, 6.45) is 7.32. The molecule has 1 aliphatic rings. The largest absolute Gasteiger partial charge is 0.408 e. The zero-order chi connectivity index (χ0) is 12.1. The monoisotopic (exact) mass is 238 g/mol. The number of anilines is 1. The van der Waals surface area contributed by atoms with Crippen molar-refractivity contribution in [2.24, 2.45) is 11.7 Å². The molecular formula is C12H22N4O. The third-order valence-corrected chi connectivity index (χ3v) is 3.53. The van der Waals surface area contributed by atoms with Gasteiger partial charge in [-0.15, -0.1) is 5.10 Å². The van der Waals surface area contributed by atoms with E-state index in [2.05, 4.69) is 22.4 Å². The first-order valence-corrected chi connectivity index (χ1v) is 6.58. The summed E-state index contributed by atoms with van der Waals surface area (Å²) in [5, 5.41) is 11.2. The Morgan fingerprint density at radius 2 is 2.12 bits per heavy atom. The minimum Gasteiger partial charge on any atom is -0.408 e. The van der Waals surface area contributed by atoms with Crippen LogP contribution in [-0.2, 0) is 6.42 Å². The first-order valence-electron chi connectivity index (χ1n) is 6.58. The molecule has 0 aromatic carbocycles. The van der Waals surface area contributed by atoms with Gasteiger partial charge in [-0.05, 0) is 25.7 Å². The van der Waals surface area contributed by atoms with E-state index in [0.717, 1.165) is 5.92 Å². The van der Waals surface area contributed by atoms with Crippen LogP contribution in [0.25, 0.3) is 0 Å². The van der Waals surface area contributed by atoms with E-state index >= 15 is 0 Å². The van der Waals surface area contributed by atoms with E-state index < -0.39 is 0 Å². The molecule has 0 saturated heterocycles. The second-order valence-electron chi connectivity index (χ2n) is 4.87. The molecule has 5 nitrogen and oxygen atoms in total. The molecule has 1 saturated carbocycles. The van der Waals surface area contributed by atoms with E-state index in [1.807, 2.05) is 0 Å². The number of nitrogens with zero attached hydrogens (tertiary/aromatic N) is 2. The Balaban J connectivity index is 1.85. The fraction of sp³-hybridized carbons (Fsp3) is 0.833. The van der Waals surface area contributed by atoms with Gasteiger partial charge in [-0.1, -0.05) is 24.4 Å². The lowest BCUT2D eigenvalue weighted by Crippen LogP contribution is -2.27. The van der Waals surface area contributed by atoms with Crippen molar-refractivity contribution in [3.8, 4) is 0 Å². The number of rotatable bonds is 5. The molecule has 1 heterocycles. The van der Waals surface area contributed by atoms with Gasteiger partial charge in [0.25, 0.3) is 0 Å². The maximum absolute atomic E-state index is 5.47. The minimum atomic E-state index is 0.404. The minimum absolute atomic E-state index is 0.404.